The highest BCUT2D eigenvalue weighted by Gasteiger charge is 2.32. The molecule has 1 aliphatic rings. The van der Waals surface area contributed by atoms with Crippen LogP contribution in [0.4, 0.5) is 0 Å². The van der Waals surface area contributed by atoms with E-state index in [9.17, 15) is 4.79 Å². The molecule has 0 spiro atoms. The maximum atomic E-state index is 12.7. The number of benzene rings is 1. The summed E-state index contributed by atoms with van der Waals surface area (Å²) in [5.41, 5.74) is 4.98. The van der Waals surface area contributed by atoms with E-state index in [2.05, 4.69) is 53.8 Å². The van der Waals surface area contributed by atoms with Crippen molar-refractivity contribution in [3.63, 3.8) is 0 Å². The molecule has 4 heteroatoms. The number of hydrogen-bond donors (Lipinski definition) is 0. The molecule has 3 aromatic rings. The Labute approximate surface area is 139 Å². The molecule has 23 heavy (non-hydrogen) atoms. The number of thiophene rings is 1. The van der Waals surface area contributed by atoms with Gasteiger partial charge in [-0.15, -0.1) is 11.3 Å². The van der Waals surface area contributed by atoms with Crippen LogP contribution in [0, 0.1) is 13.8 Å². The molecule has 0 saturated carbocycles. The summed E-state index contributed by atoms with van der Waals surface area (Å²) < 4.78 is 1.96. The lowest BCUT2D eigenvalue weighted by atomic mass is 9.85. The molecule has 1 atom stereocenters. The van der Waals surface area contributed by atoms with Gasteiger partial charge < -0.3 is 0 Å². The van der Waals surface area contributed by atoms with Crippen molar-refractivity contribution >= 4 is 17.1 Å². The Kier molecular flexibility index (Phi) is 3.42. The molecule has 1 aromatic carbocycles. The largest absolute Gasteiger partial charge is 0.294 e. The van der Waals surface area contributed by atoms with Gasteiger partial charge in [0.2, 0.25) is 0 Å². The Morgan fingerprint density at radius 3 is 2.61 bits per heavy atom. The van der Waals surface area contributed by atoms with Gasteiger partial charge in [-0.1, -0.05) is 23.8 Å². The Hall–Kier alpha value is -2.20. The molecule has 2 heterocycles. The molecule has 2 aromatic heterocycles. The molecule has 0 aliphatic heterocycles. The molecule has 0 N–H and O–H groups in total. The van der Waals surface area contributed by atoms with E-state index in [1.807, 2.05) is 11.6 Å². The molecule has 0 unspecified atom stereocenters. The zero-order valence-electron chi connectivity index (χ0n) is 13.2. The van der Waals surface area contributed by atoms with E-state index >= 15 is 0 Å². The van der Waals surface area contributed by atoms with Crippen LogP contribution in [0.25, 0.3) is 5.69 Å². The van der Waals surface area contributed by atoms with Gasteiger partial charge in [0.25, 0.3) is 0 Å². The van der Waals surface area contributed by atoms with Crippen LogP contribution in [-0.2, 0) is 6.42 Å². The smallest absolute Gasteiger partial charge is 0.167 e. The van der Waals surface area contributed by atoms with Gasteiger partial charge in [-0.2, -0.15) is 5.10 Å². The minimum atomic E-state index is 0.223. The SMILES string of the molecule is Cc1ccc(-n2nc(C)c3c2C[C@@H](c2cccs2)CC3=O)cc1. The van der Waals surface area contributed by atoms with Crippen LogP contribution in [0.15, 0.2) is 41.8 Å². The number of aryl methyl sites for hydroxylation is 2. The second kappa shape index (κ2) is 5.46. The first kappa shape index (κ1) is 14.4. The fraction of sp³-hybridized carbons (Fsp3) is 0.263. The maximum Gasteiger partial charge on any atom is 0.167 e. The first-order valence-corrected chi connectivity index (χ1v) is 8.73. The lowest BCUT2D eigenvalue weighted by molar-refractivity contribution is 0.0963. The Morgan fingerprint density at radius 1 is 1.13 bits per heavy atom. The lowest BCUT2D eigenvalue weighted by Crippen LogP contribution is -2.20. The Balaban J connectivity index is 1.81. The Morgan fingerprint density at radius 2 is 1.91 bits per heavy atom. The van der Waals surface area contributed by atoms with Crippen molar-refractivity contribution in [2.75, 3.05) is 0 Å². The standard InChI is InChI=1S/C19H18N2OS/c1-12-5-7-15(8-6-12)21-16-10-14(18-4-3-9-23-18)11-17(22)19(16)13(2)20-21/h3-9,14H,10-11H2,1-2H3/t14-/m1/s1. The van der Waals surface area contributed by atoms with E-state index in [0.717, 1.165) is 29.1 Å². The summed E-state index contributed by atoms with van der Waals surface area (Å²) in [6.45, 7) is 4.01. The number of Topliss-reactive ketones (excluding diaryl/α,β-unsaturated/α-hetero) is 1. The van der Waals surface area contributed by atoms with Gasteiger partial charge in [-0.25, -0.2) is 4.68 Å². The van der Waals surface area contributed by atoms with E-state index in [4.69, 9.17) is 0 Å². The Bertz CT molecular complexity index is 860. The number of hydrogen-bond acceptors (Lipinski definition) is 3. The third-order valence-corrected chi connectivity index (χ3v) is 5.57. The summed E-state index contributed by atoms with van der Waals surface area (Å²) in [5.74, 6) is 0.496. The van der Waals surface area contributed by atoms with Crippen LogP contribution < -0.4 is 0 Å². The van der Waals surface area contributed by atoms with Crippen molar-refractivity contribution in [3.05, 3.63) is 69.2 Å². The number of rotatable bonds is 2. The topological polar surface area (TPSA) is 34.9 Å². The van der Waals surface area contributed by atoms with Crippen molar-refractivity contribution < 1.29 is 4.79 Å². The van der Waals surface area contributed by atoms with Gasteiger partial charge in [0.05, 0.1) is 22.6 Å². The highest BCUT2D eigenvalue weighted by atomic mass is 32.1. The minimum absolute atomic E-state index is 0.223. The highest BCUT2D eigenvalue weighted by molar-refractivity contribution is 7.10. The number of nitrogens with zero attached hydrogens (tertiary/aromatic N) is 2. The molecule has 0 saturated heterocycles. The van der Waals surface area contributed by atoms with Crippen molar-refractivity contribution in [3.8, 4) is 5.69 Å². The van der Waals surface area contributed by atoms with Crippen LogP contribution in [0.1, 0.15) is 44.5 Å². The zero-order valence-corrected chi connectivity index (χ0v) is 14.1. The van der Waals surface area contributed by atoms with Crippen molar-refractivity contribution in [2.24, 2.45) is 0 Å². The van der Waals surface area contributed by atoms with E-state index in [-0.39, 0.29) is 11.7 Å². The monoisotopic (exact) mass is 322 g/mol. The van der Waals surface area contributed by atoms with E-state index in [1.54, 1.807) is 11.3 Å². The number of carbonyl (C=O) groups excluding carboxylic acids is 1. The van der Waals surface area contributed by atoms with Crippen molar-refractivity contribution in [2.45, 2.75) is 32.6 Å². The third kappa shape index (κ3) is 2.43. The maximum absolute atomic E-state index is 12.7. The molecule has 3 nitrogen and oxygen atoms in total. The molecule has 0 fully saturated rings. The fourth-order valence-electron chi connectivity index (χ4n) is 3.38. The summed E-state index contributed by atoms with van der Waals surface area (Å²) in [4.78, 5) is 14.0. The van der Waals surface area contributed by atoms with Crippen LogP contribution in [0.2, 0.25) is 0 Å². The predicted octanol–water partition coefficient (Wildman–Crippen LogP) is 4.46. The zero-order chi connectivity index (χ0) is 16.0. The van der Waals surface area contributed by atoms with Gasteiger partial charge in [0, 0.05) is 17.2 Å². The number of fused-ring (bicyclic) bond motifs is 1. The molecule has 116 valence electrons. The van der Waals surface area contributed by atoms with Crippen molar-refractivity contribution in [1.82, 2.24) is 9.78 Å². The first-order chi connectivity index (χ1) is 11.1. The van der Waals surface area contributed by atoms with E-state index < -0.39 is 0 Å². The van der Waals surface area contributed by atoms with Crippen molar-refractivity contribution in [1.29, 1.82) is 0 Å². The predicted molar refractivity (Wildman–Crippen MR) is 92.7 cm³/mol. The average molecular weight is 322 g/mol. The normalized spacial score (nSPS) is 17.3. The summed E-state index contributed by atoms with van der Waals surface area (Å²) in [6, 6.07) is 12.5. The molecule has 1 aliphatic carbocycles. The molecule has 0 radical (unpaired) electrons. The number of carbonyl (C=O) groups is 1. The molecule has 0 amide bonds. The molecule has 4 rings (SSSR count). The molecular weight excluding hydrogens is 304 g/mol. The van der Waals surface area contributed by atoms with Crippen LogP contribution >= 0.6 is 11.3 Å². The van der Waals surface area contributed by atoms with Gasteiger partial charge in [-0.05, 0) is 43.8 Å². The third-order valence-electron chi connectivity index (χ3n) is 4.53. The van der Waals surface area contributed by atoms with E-state index in [0.29, 0.717) is 6.42 Å². The summed E-state index contributed by atoms with van der Waals surface area (Å²) in [5, 5.41) is 6.74. The summed E-state index contributed by atoms with van der Waals surface area (Å²) >= 11 is 1.73. The fourth-order valence-corrected chi connectivity index (χ4v) is 4.21. The second-order valence-corrected chi connectivity index (χ2v) is 7.18. The van der Waals surface area contributed by atoms with Gasteiger partial charge in [0.15, 0.2) is 5.78 Å². The summed E-state index contributed by atoms with van der Waals surface area (Å²) in [6.07, 6.45) is 1.46. The average Bonchev–Trinajstić information content (AvgIpc) is 3.16. The van der Waals surface area contributed by atoms with Gasteiger partial charge in [0.1, 0.15) is 0 Å². The van der Waals surface area contributed by atoms with Gasteiger partial charge in [-0.3, -0.25) is 4.79 Å². The molecule has 0 bridgehead atoms. The number of ketones is 1. The molecular formula is C19H18N2OS. The summed E-state index contributed by atoms with van der Waals surface area (Å²) in [7, 11) is 0. The lowest BCUT2D eigenvalue weighted by Gasteiger charge is -2.22. The highest BCUT2D eigenvalue weighted by Crippen LogP contribution is 2.36. The second-order valence-electron chi connectivity index (χ2n) is 6.20. The van der Waals surface area contributed by atoms with E-state index in [1.165, 1.54) is 10.4 Å². The van der Waals surface area contributed by atoms with Crippen LogP contribution in [0.5, 0.6) is 0 Å². The first-order valence-electron chi connectivity index (χ1n) is 7.85. The quantitative estimate of drug-likeness (QED) is 0.698. The van der Waals surface area contributed by atoms with Crippen LogP contribution in [0.3, 0.4) is 0 Å². The number of aromatic nitrogens is 2. The van der Waals surface area contributed by atoms with Crippen LogP contribution in [-0.4, -0.2) is 15.6 Å². The van der Waals surface area contributed by atoms with Gasteiger partial charge >= 0.3 is 0 Å². The minimum Gasteiger partial charge on any atom is -0.294 e.